The zero-order valence-electron chi connectivity index (χ0n) is 26.5. The number of nitrogens with zero attached hydrogens (tertiary/aromatic N) is 2. The molecule has 10 nitrogen and oxygen atoms in total. The van der Waals surface area contributed by atoms with E-state index in [1.807, 2.05) is 91.0 Å². The molecular formula is C38H34FN3O7. The molecule has 2 N–H and O–H groups in total. The summed E-state index contributed by atoms with van der Waals surface area (Å²) >= 11 is 0. The molecule has 1 amide bonds. The van der Waals surface area contributed by atoms with Crippen molar-refractivity contribution < 1.29 is 33.3 Å². The third kappa shape index (κ3) is 7.05. The van der Waals surface area contributed by atoms with Crippen molar-refractivity contribution in [1.82, 2.24) is 9.55 Å². The lowest BCUT2D eigenvalue weighted by atomic mass is 9.80. The Morgan fingerprint density at radius 2 is 1.37 bits per heavy atom. The zero-order valence-corrected chi connectivity index (χ0v) is 26.5. The summed E-state index contributed by atoms with van der Waals surface area (Å²) in [6.07, 6.45) is -7.27. The van der Waals surface area contributed by atoms with E-state index in [2.05, 4.69) is 10.3 Å². The van der Waals surface area contributed by atoms with Crippen LogP contribution < -0.4 is 11.0 Å². The monoisotopic (exact) mass is 663 g/mol. The van der Waals surface area contributed by atoms with Gasteiger partial charge in [-0.2, -0.15) is 4.98 Å². The summed E-state index contributed by atoms with van der Waals surface area (Å²) in [5, 5.41) is 13.8. The third-order valence-electron chi connectivity index (χ3n) is 8.31. The number of hydrogen-bond acceptors (Lipinski definition) is 8. The number of carbonyl (C=O) groups excluding carboxylic acids is 2. The fraction of sp³-hybridized carbons (Fsp3) is 0.211. The standard InChI is InChI=1S/C38H34FN3O7/c1-25(43)48-34-32(39)33(44)30(49-36(34)42-23-22-31(41-37(42)46)40-35(45)26-14-6-2-7-15-26)24-47-38(27-16-8-3-9-17-27,28-18-10-4-11-19-28)29-20-12-5-13-21-29/h2-23,30,32-34,36,44H,24H2,1H3,(H,40,41,45,46)/t30-,32+,33-,34-,36-/m1/s1. The molecule has 5 aromatic rings. The number of nitrogens with one attached hydrogen (secondary N) is 1. The van der Waals surface area contributed by atoms with Gasteiger partial charge in [0.2, 0.25) is 0 Å². The Balaban J connectivity index is 1.34. The van der Waals surface area contributed by atoms with E-state index >= 15 is 4.39 Å². The molecule has 0 spiro atoms. The molecule has 0 saturated carbocycles. The first-order valence-electron chi connectivity index (χ1n) is 15.7. The molecule has 0 aliphatic carbocycles. The average Bonchev–Trinajstić information content (AvgIpc) is 3.13. The van der Waals surface area contributed by atoms with Crippen molar-refractivity contribution in [3.8, 4) is 0 Å². The maximum Gasteiger partial charge on any atom is 0.351 e. The quantitative estimate of drug-likeness (QED) is 0.157. The lowest BCUT2D eigenvalue weighted by Gasteiger charge is -2.43. The predicted molar refractivity (Wildman–Crippen MR) is 178 cm³/mol. The number of alkyl halides is 1. The lowest BCUT2D eigenvalue weighted by Crippen LogP contribution is -2.58. The first-order chi connectivity index (χ1) is 23.8. The maximum atomic E-state index is 16.1. The molecule has 1 aromatic heterocycles. The van der Waals surface area contributed by atoms with Crippen LogP contribution in [0.15, 0.2) is 138 Å². The lowest BCUT2D eigenvalue weighted by molar-refractivity contribution is -0.252. The van der Waals surface area contributed by atoms with Gasteiger partial charge >= 0.3 is 11.7 Å². The number of esters is 1. The smallest absolute Gasteiger partial charge is 0.351 e. The zero-order chi connectivity index (χ0) is 34.4. The number of aliphatic hydroxyl groups excluding tert-OH is 1. The molecule has 0 radical (unpaired) electrons. The van der Waals surface area contributed by atoms with Crippen LogP contribution in [-0.2, 0) is 24.6 Å². The predicted octanol–water partition coefficient (Wildman–Crippen LogP) is 5.03. The minimum absolute atomic E-state index is 0.0509. The van der Waals surface area contributed by atoms with E-state index in [0.29, 0.717) is 5.56 Å². The largest absolute Gasteiger partial charge is 0.454 e. The average molecular weight is 664 g/mol. The Hall–Kier alpha value is -5.49. The highest BCUT2D eigenvalue weighted by Crippen LogP contribution is 2.42. The second kappa shape index (κ2) is 14.7. The molecule has 4 aromatic carbocycles. The molecule has 5 atom stereocenters. The van der Waals surface area contributed by atoms with E-state index in [-0.39, 0.29) is 12.4 Å². The number of amides is 1. The summed E-state index contributed by atoms with van der Waals surface area (Å²) in [4.78, 5) is 41.9. The number of ether oxygens (including phenoxy) is 3. The highest BCUT2D eigenvalue weighted by Gasteiger charge is 2.50. The van der Waals surface area contributed by atoms with Crippen LogP contribution in [0.3, 0.4) is 0 Å². The number of aliphatic hydroxyl groups is 1. The minimum Gasteiger partial charge on any atom is -0.454 e. The van der Waals surface area contributed by atoms with Crippen LogP contribution in [0.25, 0.3) is 0 Å². The van der Waals surface area contributed by atoms with Crippen LogP contribution in [-0.4, -0.2) is 57.6 Å². The van der Waals surface area contributed by atoms with E-state index in [0.717, 1.165) is 28.2 Å². The molecule has 250 valence electrons. The van der Waals surface area contributed by atoms with Gasteiger partial charge in [-0.05, 0) is 34.9 Å². The second-order valence-electron chi connectivity index (χ2n) is 11.5. The van der Waals surface area contributed by atoms with Crippen LogP contribution in [0.2, 0.25) is 0 Å². The molecule has 1 aliphatic rings. The molecule has 2 heterocycles. The molecular weight excluding hydrogens is 629 g/mol. The molecule has 0 unspecified atom stereocenters. The summed E-state index contributed by atoms with van der Waals surface area (Å²) < 4.78 is 35.3. The Labute approximate surface area is 281 Å². The first kappa shape index (κ1) is 33.4. The van der Waals surface area contributed by atoms with Crippen molar-refractivity contribution in [1.29, 1.82) is 0 Å². The highest BCUT2D eigenvalue weighted by atomic mass is 19.1. The van der Waals surface area contributed by atoms with Gasteiger partial charge in [-0.25, -0.2) is 9.18 Å². The van der Waals surface area contributed by atoms with E-state index in [1.165, 1.54) is 12.3 Å². The summed E-state index contributed by atoms with van der Waals surface area (Å²) in [7, 11) is 0. The van der Waals surface area contributed by atoms with Gasteiger partial charge < -0.3 is 24.6 Å². The van der Waals surface area contributed by atoms with Crippen molar-refractivity contribution in [2.24, 2.45) is 0 Å². The van der Waals surface area contributed by atoms with Gasteiger partial charge in [0, 0.05) is 18.7 Å². The van der Waals surface area contributed by atoms with Crippen LogP contribution in [0, 0.1) is 0 Å². The molecule has 6 rings (SSSR count). The van der Waals surface area contributed by atoms with Crippen molar-refractivity contribution in [2.45, 2.75) is 43.2 Å². The van der Waals surface area contributed by atoms with E-state index in [4.69, 9.17) is 14.2 Å². The Kier molecular flexibility index (Phi) is 10.0. The Bertz CT molecular complexity index is 1830. The normalized spacial score (nSPS) is 20.7. The first-order valence-corrected chi connectivity index (χ1v) is 15.7. The molecule has 11 heteroatoms. The number of rotatable bonds is 10. The van der Waals surface area contributed by atoms with Gasteiger partial charge in [-0.1, -0.05) is 109 Å². The van der Waals surface area contributed by atoms with Gasteiger partial charge in [0.05, 0.1) is 6.61 Å². The summed E-state index contributed by atoms with van der Waals surface area (Å²) in [5.41, 5.74) is 0.558. The van der Waals surface area contributed by atoms with Crippen molar-refractivity contribution in [3.05, 3.63) is 166 Å². The van der Waals surface area contributed by atoms with Gasteiger partial charge in [-0.3, -0.25) is 14.2 Å². The summed E-state index contributed by atoms with van der Waals surface area (Å²) in [6.45, 7) is 0.749. The van der Waals surface area contributed by atoms with Crippen LogP contribution in [0.5, 0.6) is 0 Å². The van der Waals surface area contributed by atoms with Crippen molar-refractivity contribution in [3.63, 3.8) is 0 Å². The van der Waals surface area contributed by atoms with Gasteiger partial charge in [0.1, 0.15) is 23.6 Å². The van der Waals surface area contributed by atoms with Crippen LogP contribution in [0.1, 0.15) is 40.2 Å². The minimum atomic E-state index is -2.17. The number of hydrogen-bond donors (Lipinski definition) is 2. The van der Waals surface area contributed by atoms with Gasteiger partial charge in [0.15, 0.2) is 18.5 Å². The topological polar surface area (TPSA) is 129 Å². The van der Waals surface area contributed by atoms with Crippen molar-refractivity contribution >= 4 is 17.7 Å². The fourth-order valence-electron chi connectivity index (χ4n) is 6.00. The number of halogens is 1. The van der Waals surface area contributed by atoms with Gasteiger partial charge in [-0.15, -0.1) is 0 Å². The highest BCUT2D eigenvalue weighted by molar-refractivity contribution is 6.03. The SMILES string of the molecule is CC(=O)O[C@@H]1[C@@H](F)[C@H](O)[C@@H](COC(c2ccccc2)(c2ccccc2)c2ccccc2)O[C@H]1n1ccc(NC(=O)c2ccccc2)nc1=O. The van der Waals surface area contributed by atoms with E-state index in [1.54, 1.807) is 30.3 Å². The van der Waals surface area contributed by atoms with Crippen molar-refractivity contribution in [2.75, 3.05) is 11.9 Å². The third-order valence-corrected chi connectivity index (χ3v) is 8.31. The molecule has 1 fully saturated rings. The molecule has 49 heavy (non-hydrogen) atoms. The van der Waals surface area contributed by atoms with E-state index < -0.39 is 53.9 Å². The number of benzene rings is 4. The van der Waals surface area contributed by atoms with Crippen LogP contribution >= 0.6 is 0 Å². The number of anilines is 1. The van der Waals surface area contributed by atoms with Gasteiger partial charge in [0.25, 0.3) is 5.91 Å². The molecule has 1 aliphatic heterocycles. The molecule has 1 saturated heterocycles. The maximum absolute atomic E-state index is 16.1. The fourth-order valence-corrected chi connectivity index (χ4v) is 6.00. The summed E-state index contributed by atoms with van der Waals surface area (Å²) in [6, 6.07) is 38.1. The Morgan fingerprint density at radius 1 is 0.857 bits per heavy atom. The van der Waals surface area contributed by atoms with E-state index in [9.17, 15) is 19.5 Å². The van der Waals surface area contributed by atoms with Crippen LogP contribution in [0.4, 0.5) is 10.2 Å². The number of carbonyl (C=O) groups is 2. The molecule has 0 bridgehead atoms. The number of aromatic nitrogens is 2. The second-order valence-corrected chi connectivity index (χ2v) is 11.5. The summed E-state index contributed by atoms with van der Waals surface area (Å²) in [5.74, 6) is -1.38. The Morgan fingerprint density at radius 3 is 1.86 bits per heavy atom.